The van der Waals surface area contributed by atoms with E-state index in [0.717, 1.165) is 0 Å². The van der Waals surface area contributed by atoms with Gasteiger partial charge in [0.1, 0.15) is 0 Å². The van der Waals surface area contributed by atoms with Crippen molar-refractivity contribution in [2.24, 2.45) is 0 Å². The van der Waals surface area contributed by atoms with Gasteiger partial charge in [-0.2, -0.15) is 0 Å². The number of carbonyl (C=O) groups excluding carboxylic acids is 1. The molecule has 0 aliphatic rings. The van der Waals surface area contributed by atoms with Crippen LogP contribution in [0.4, 0.5) is 0 Å². The lowest BCUT2D eigenvalue weighted by Gasteiger charge is -2.13. The van der Waals surface area contributed by atoms with E-state index in [1.165, 1.54) is 34.5 Å². The van der Waals surface area contributed by atoms with E-state index < -0.39 is 14.3 Å². The lowest BCUT2D eigenvalue weighted by molar-refractivity contribution is -0.135. The average Bonchev–Trinajstić information content (AvgIpc) is 2.17. The maximum absolute atomic E-state index is 10.8. The normalized spacial score (nSPS) is 11.6. The molecule has 5 nitrogen and oxygen atoms in total. The number of esters is 1. The van der Waals surface area contributed by atoms with Crippen molar-refractivity contribution in [3.63, 3.8) is 0 Å². The van der Waals surface area contributed by atoms with Crippen LogP contribution in [0.2, 0.25) is 0 Å². The zero-order chi connectivity index (χ0) is 10.3. The van der Waals surface area contributed by atoms with Gasteiger partial charge in [-0.1, -0.05) is 0 Å². The fourth-order valence-corrected chi connectivity index (χ4v) is 1.47. The van der Waals surface area contributed by atoms with Crippen molar-refractivity contribution in [3.05, 3.63) is 11.6 Å². The highest BCUT2D eigenvalue weighted by molar-refractivity contribution is 7.51. The van der Waals surface area contributed by atoms with E-state index in [2.05, 4.69) is 4.74 Å². The quantitative estimate of drug-likeness (QED) is 0.294. The molecule has 6 heteroatoms. The first-order valence-corrected chi connectivity index (χ1v) is 4.59. The maximum Gasteiger partial charge on any atom is 0.334 e. The van der Waals surface area contributed by atoms with Gasteiger partial charge in [-0.3, -0.25) is 0 Å². The molecular formula is C7H13O5P. The largest absolute Gasteiger partial charge is 0.491 e. The first-order chi connectivity index (χ1) is 6.19. The Labute approximate surface area is 78.5 Å². The van der Waals surface area contributed by atoms with Crippen LogP contribution in [0.25, 0.3) is 0 Å². The fourth-order valence-electron chi connectivity index (χ4n) is 0.600. The molecule has 0 atom stereocenters. The van der Waals surface area contributed by atoms with Gasteiger partial charge in [0, 0.05) is 14.2 Å². The number of rotatable bonds is 5. The molecule has 0 aromatic rings. The number of ether oxygens (including phenoxy) is 2. The maximum atomic E-state index is 10.8. The molecule has 0 aromatic heterocycles. The highest BCUT2D eigenvalue weighted by atomic mass is 31.2. The van der Waals surface area contributed by atoms with Crippen LogP contribution < -0.4 is 0 Å². The molecule has 0 rings (SSSR count). The van der Waals surface area contributed by atoms with Crippen LogP contribution >= 0.6 is 8.38 Å². The van der Waals surface area contributed by atoms with Gasteiger partial charge in [-0.15, -0.1) is 0 Å². The van der Waals surface area contributed by atoms with Gasteiger partial charge in [0.05, 0.1) is 20.3 Å². The minimum atomic E-state index is -1.32. The zero-order valence-corrected chi connectivity index (χ0v) is 8.96. The van der Waals surface area contributed by atoms with Crippen LogP contribution in [0.5, 0.6) is 0 Å². The molecule has 0 aliphatic carbocycles. The van der Waals surface area contributed by atoms with Crippen LogP contribution in [0.15, 0.2) is 11.6 Å². The van der Waals surface area contributed by atoms with Gasteiger partial charge in [0.2, 0.25) is 8.38 Å². The molecule has 0 amide bonds. The highest BCUT2D eigenvalue weighted by Gasteiger charge is 2.16. The zero-order valence-electron chi connectivity index (χ0n) is 8.07. The second-order valence-corrected chi connectivity index (χ2v) is 3.52. The number of hydrogen-bond donors (Lipinski definition) is 0. The summed E-state index contributed by atoms with van der Waals surface area (Å²) in [6.07, 6.45) is 1.19. The van der Waals surface area contributed by atoms with Crippen molar-refractivity contribution in [1.82, 2.24) is 0 Å². The molecule has 0 saturated heterocycles. The van der Waals surface area contributed by atoms with Gasteiger partial charge < -0.3 is 18.5 Å². The minimum Gasteiger partial charge on any atom is -0.491 e. The summed E-state index contributed by atoms with van der Waals surface area (Å²) in [6.45, 7) is 0. The van der Waals surface area contributed by atoms with E-state index in [4.69, 9.17) is 13.8 Å². The van der Waals surface area contributed by atoms with Crippen LogP contribution in [0.3, 0.4) is 0 Å². The molecule has 0 N–H and O–H groups in total. The second kappa shape index (κ2) is 6.83. The molecule has 0 aliphatic heterocycles. The Balaban J connectivity index is 4.46. The molecule has 76 valence electrons. The van der Waals surface area contributed by atoms with E-state index in [-0.39, 0.29) is 0 Å². The summed E-state index contributed by atoms with van der Waals surface area (Å²) >= 11 is 0. The van der Waals surface area contributed by atoms with Gasteiger partial charge >= 0.3 is 5.97 Å². The Bertz CT molecular complexity index is 187. The summed E-state index contributed by atoms with van der Waals surface area (Å²) < 4.78 is 19.2. The topological polar surface area (TPSA) is 54.0 Å². The van der Waals surface area contributed by atoms with Crippen molar-refractivity contribution in [2.75, 3.05) is 28.4 Å². The Hall–Kier alpha value is -0.640. The smallest absolute Gasteiger partial charge is 0.334 e. The number of methoxy groups -OCH3 is 2. The van der Waals surface area contributed by atoms with Gasteiger partial charge in [0.25, 0.3) is 0 Å². The number of carbonyl (C=O) groups is 1. The summed E-state index contributed by atoms with van der Waals surface area (Å²) in [4.78, 5) is 10.8. The molecule has 0 spiro atoms. The van der Waals surface area contributed by atoms with E-state index in [0.29, 0.717) is 5.50 Å². The van der Waals surface area contributed by atoms with Crippen molar-refractivity contribution in [1.29, 1.82) is 0 Å². The van der Waals surface area contributed by atoms with Crippen LogP contribution in [-0.4, -0.2) is 34.4 Å². The van der Waals surface area contributed by atoms with Crippen molar-refractivity contribution < 1.29 is 23.3 Å². The summed E-state index contributed by atoms with van der Waals surface area (Å²) in [5.41, 5.74) is 0.326. The number of hydrogen-bond acceptors (Lipinski definition) is 5. The molecule has 0 fully saturated rings. The SMILES string of the molecule is COC(=O)/C=C(\OC)P(OC)OC. The van der Waals surface area contributed by atoms with Crippen LogP contribution in [0, 0.1) is 0 Å². The third-order valence-electron chi connectivity index (χ3n) is 1.16. The Morgan fingerprint density at radius 3 is 1.92 bits per heavy atom. The average molecular weight is 208 g/mol. The third-order valence-corrected chi connectivity index (χ3v) is 2.50. The predicted octanol–water partition coefficient (Wildman–Crippen LogP) is 1.25. The van der Waals surface area contributed by atoms with Crippen LogP contribution in [0.1, 0.15) is 0 Å². The molecule has 0 aromatic carbocycles. The first-order valence-electron chi connectivity index (χ1n) is 3.41. The molecule has 13 heavy (non-hydrogen) atoms. The molecule has 0 saturated carbocycles. The van der Waals surface area contributed by atoms with Crippen molar-refractivity contribution >= 4 is 14.3 Å². The molecule has 0 bridgehead atoms. The second-order valence-electron chi connectivity index (χ2n) is 1.83. The highest BCUT2D eigenvalue weighted by Crippen LogP contribution is 2.45. The molecular weight excluding hydrogens is 195 g/mol. The van der Waals surface area contributed by atoms with Gasteiger partial charge in [-0.25, -0.2) is 4.79 Å². The standard InChI is InChI=1S/C7H13O5P/c1-9-6(8)5-7(10-2)13(11-3)12-4/h5H,1-4H3/b7-5+. The Kier molecular flexibility index (Phi) is 6.49. The summed E-state index contributed by atoms with van der Waals surface area (Å²) in [5, 5.41) is 0. The lowest BCUT2D eigenvalue weighted by atomic mass is 10.6. The molecule has 0 radical (unpaired) electrons. The lowest BCUT2D eigenvalue weighted by Crippen LogP contribution is -1.99. The first kappa shape index (κ1) is 12.4. The monoisotopic (exact) mass is 208 g/mol. The summed E-state index contributed by atoms with van der Waals surface area (Å²) in [7, 11) is 4.34. The van der Waals surface area contributed by atoms with Gasteiger partial charge in [0.15, 0.2) is 5.50 Å². The van der Waals surface area contributed by atoms with Crippen molar-refractivity contribution in [3.8, 4) is 0 Å². The fraction of sp³-hybridized carbons (Fsp3) is 0.571. The van der Waals surface area contributed by atoms with E-state index in [1.807, 2.05) is 0 Å². The summed E-state index contributed by atoms with van der Waals surface area (Å²) in [6, 6.07) is 0. The predicted molar refractivity (Wildman–Crippen MR) is 48.0 cm³/mol. The van der Waals surface area contributed by atoms with Crippen LogP contribution in [-0.2, 0) is 23.3 Å². The molecule has 0 heterocycles. The summed E-state index contributed by atoms with van der Waals surface area (Å²) in [5.74, 6) is -0.501. The Morgan fingerprint density at radius 2 is 1.62 bits per heavy atom. The van der Waals surface area contributed by atoms with Crippen molar-refractivity contribution in [2.45, 2.75) is 0 Å². The molecule has 0 unspecified atom stereocenters. The minimum absolute atomic E-state index is 0.326. The van der Waals surface area contributed by atoms with E-state index >= 15 is 0 Å². The van der Waals surface area contributed by atoms with Gasteiger partial charge in [-0.05, 0) is 0 Å². The van der Waals surface area contributed by atoms with E-state index in [1.54, 1.807) is 0 Å². The van der Waals surface area contributed by atoms with E-state index in [9.17, 15) is 4.79 Å². The Morgan fingerprint density at radius 1 is 1.08 bits per heavy atom. The third kappa shape index (κ3) is 4.22.